The Balaban J connectivity index is 2.08. The quantitative estimate of drug-likeness (QED) is 0.780. The summed E-state index contributed by atoms with van der Waals surface area (Å²) in [5.74, 6) is -0.0469. The zero-order valence-electron chi connectivity index (χ0n) is 10.8. The van der Waals surface area contributed by atoms with Crippen molar-refractivity contribution in [2.75, 3.05) is 13.2 Å². The lowest BCUT2D eigenvalue weighted by Gasteiger charge is -2.07. The van der Waals surface area contributed by atoms with Gasteiger partial charge in [0.2, 0.25) is 0 Å². The van der Waals surface area contributed by atoms with Crippen molar-refractivity contribution in [1.29, 1.82) is 0 Å². The van der Waals surface area contributed by atoms with Gasteiger partial charge in [0.1, 0.15) is 11.6 Å². The Morgan fingerprint density at radius 1 is 1.30 bits per heavy atom. The number of ether oxygens (including phenoxy) is 1. The monoisotopic (exact) mass is 278 g/mol. The standard InChI is InChI=1S/C13H15FN4O2/c14-11-4-10(6-16-7-11)9-18-13(19)5-12(8-17-18)20-3-1-2-15/h4-8H,1-3,9,15H2. The number of halogens is 1. The number of nitrogens with two attached hydrogens (primary N) is 1. The van der Waals surface area contributed by atoms with Gasteiger partial charge in [0.05, 0.1) is 25.5 Å². The predicted octanol–water partition coefficient (Wildman–Crippen LogP) is 0.553. The van der Waals surface area contributed by atoms with Crippen LogP contribution in [-0.4, -0.2) is 27.9 Å². The topological polar surface area (TPSA) is 83.0 Å². The molecule has 6 nitrogen and oxygen atoms in total. The van der Waals surface area contributed by atoms with E-state index in [1.807, 2.05) is 0 Å². The van der Waals surface area contributed by atoms with Gasteiger partial charge in [0.25, 0.3) is 5.56 Å². The van der Waals surface area contributed by atoms with Gasteiger partial charge in [0.15, 0.2) is 0 Å². The number of rotatable bonds is 6. The second-order valence-corrected chi connectivity index (χ2v) is 4.19. The van der Waals surface area contributed by atoms with Crippen LogP contribution in [0.3, 0.4) is 0 Å². The lowest BCUT2D eigenvalue weighted by Crippen LogP contribution is -2.23. The maximum Gasteiger partial charge on any atom is 0.270 e. The van der Waals surface area contributed by atoms with E-state index >= 15 is 0 Å². The van der Waals surface area contributed by atoms with Gasteiger partial charge in [0, 0.05) is 12.3 Å². The summed E-state index contributed by atoms with van der Waals surface area (Å²) >= 11 is 0. The molecule has 0 atom stereocenters. The molecule has 0 amide bonds. The van der Waals surface area contributed by atoms with Gasteiger partial charge in [-0.25, -0.2) is 9.07 Å². The molecule has 0 aliphatic carbocycles. The highest BCUT2D eigenvalue weighted by molar-refractivity contribution is 5.15. The summed E-state index contributed by atoms with van der Waals surface area (Å²) in [5, 5.41) is 3.98. The Kier molecular flexibility index (Phi) is 4.78. The Morgan fingerprint density at radius 3 is 2.85 bits per heavy atom. The van der Waals surface area contributed by atoms with Crippen molar-refractivity contribution >= 4 is 0 Å². The Bertz CT molecular complexity index is 630. The first kappa shape index (κ1) is 14.1. The first-order chi connectivity index (χ1) is 9.69. The molecular formula is C13H15FN4O2. The highest BCUT2D eigenvalue weighted by Gasteiger charge is 2.03. The average Bonchev–Trinajstić information content (AvgIpc) is 2.42. The fourth-order valence-corrected chi connectivity index (χ4v) is 1.60. The van der Waals surface area contributed by atoms with Crippen molar-refractivity contribution in [3.05, 3.63) is 52.5 Å². The number of nitrogens with zero attached hydrogens (tertiary/aromatic N) is 3. The average molecular weight is 278 g/mol. The molecule has 0 saturated heterocycles. The summed E-state index contributed by atoms with van der Waals surface area (Å²) in [6, 6.07) is 2.66. The molecule has 106 valence electrons. The van der Waals surface area contributed by atoms with Crippen LogP contribution >= 0.6 is 0 Å². The minimum atomic E-state index is -0.447. The van der Waals surface area contributed by atoms with Crippen molar-refractivity contribution in [1.82, 2.24) is 14.8 Å². The molecule has 0 radical (unpaired) electrons. The molecule has 0 bridgehead atoms. The lowest BCUT2D eigenvalue weighted by molar-refractivity contribution is 0.309. The molecule has 0 aliphatic heterocycles. The number of aromatic nitrogens is 3. The van der Waals surface area contributed by atoms with Crippen LogP contribution < -0.4 is 16.0 Å². The SMILES string of the molecule is NCCCOc1cnn(Cc2cncc(F)c2)c(=O)c1. The second kappa shape index (κ2) is 6.76. The first-order valence-electron chi connectivity index (χ1n) is 6.18. The maximum atomic E-state index is 13.0. The molecule has 2 heterocycles. The van der Waals surface area contributed by atoms with Crippen LogP contribution in [0, 0.1) is 5.82 Å². The Hall–Kier alpha value is -2.28. The third-order valence-electron chi connectivity index (χ3n) is 2.56. The van der Waals surface area contributed by atoms with Crippen LogP contribution in [0.25, 0.3) is 0 Å². The van der Waals surface area contributed by atoms with E-state index in [-0.39, 0.29) is 12.1 Å². The highest BCUT2D eigenvalue weighted by Crippen LogP contribution is 2.05. The predicted molar refractivity (Wildman–Crippen MR) is 71.0 cm³/mol. The van der Waals surface area contributed by atoms with Gasteiger partial charge in [-0.1, -0.05) is 0 Å². The molecular weight excluding hydrogens is 263 g/mol. The normalized spacial score (nSPS) is 10.5. The van der Waals surface area contributed by atoms with E-state index in [1.165, 1.54) is 29.2 Å². The minimum absolute atomic E-state index is 0.159. The molecule has 2 N–H and O–H groups in total. The smallest absolute Gasteiger partial charge is 0.270 e. The number of pyridine rings is 1. The van der Waals surface area contributed by atoms with Crippen LogP contribution in [0.15, 0.2) is 35.5 Å². The van der Waals surface area contributed by atoms with Crippen molar-refractivity contribution < 1.29 is 9.13 Å². The summed E-state index contributed by atoms with van der Waals surface area (Å²) in [6.45, 7) is 1.12. The van der Waals surface area contributed by atoms with Gasteiger partial charge in [-0.05, 0) is 24.6 Å². The molecule has 7 heteroatoms. The van der Waals surface area contributed by atoms with Crippen molar-refractivity contribution in [3.63, 3.8) is 0 Å². The minimum Gasteiger partial charge on any atom is -0.492 e. The van der Waals surface area contributed by atoms with E-state index in [0.717, 1.165) is 6.20 Å². The second-order valence-electron chi connectivity index (χ2n) is 4.19. The molecule has 0 aliphatic rings. The first-order valence-corrected chi connectivity index (χ1v) is 6.18. The van der Waals surface area contributed by atoms with Crippen LogP contribution in [0.5, 0.6) is 5.75 Å². The summed E-state index contributed by atoms with van der Waals surface area (Å²) < 4.78 is 19.5. The molecule has 2 aromatic rings. The molecule has 0 spiro atoms. The van der Waals surface area contributed by atoms with Gasteiger partial charge in [-0.2, -0.15) is 5.10 Å². The van der Waals surface area contributed by atoms with E-state index in [1.54, 1.807) is 0 Å². The van der Waals surface area contributed by atoms with Crippen molar-refractivity contribution in [2.45, 2.75) is 13.0 Å². The summed E-state index contributed by atoms with van der Waals surface area (Å²) in [4.78, 5) is 15.6. The summed E-state index contributed by atoms with van der Waals surface area (Å²) in [7, 11) is 0. The van der Waals surface area contributed by atoms with Crippen LogP contribution in [0.1, 0.15) is 12.0 Å². The van der Waals surface area contributed by atoms with E-state index in [0.29, 0.717) is 30.9 Å². The number of hydrogen-bond donors (Lipinski definition) is 1. The maximum absolute atomic E-state index is 13.0. The summed E-state index contributed by atoms with van der Waals surface area (Å²) in [5.41, 5.74) is 5.59. The Labute approximate surface area is 115 Å². The number of hydrogen-bond acceptors (Lipinski definition) is 5. The van der Waals surface area contributed by atoms with Gasteiger partial charge < -0.3 is 10.5 Å². The highest BCUT2D eigenvalue weighted by atomic mass is 19.1. The molecule has 0 saturated carbocycles. The van der Waals surface area contributed by atoms with Crippen molar-refractivity contribution in [2.24, 2.45) is 5.73 Å². The van der Waals surface area contributed by atoms with E-state index < -0.39 is 5.82 Å². The molecule has 20 heavy (non-hydrogen) atoms. The van der Waals surface area contributed by atoms with Crippen molar-refractivity contribution in [3.8, 4) is 5.75 Å². The molecule has 2 aromatic heterocycles. The fourth-order valence-electron chi connectivity index (χ4n) is 1.60. The fraction of sp³-hybridized carbons (Fsp3) is 0.308. The van der Waals surface area contributed by atoms with Gasteiger partial charge in [-0.3, -0.25) is 9.78 Å². The largest absolute Gasteiger partial charge is 0.492 e. The zero-order chi connectivity index (χ0) is 14.4. The van der Waals surface area contributed by atoms with E-state index in [2.05, 4.69) is 10.1 Å². The van der Waals surface area contributed by atoms with E-state index in [9.17, 15) is 9.18 Å². The van der Waals surface area contributed by atoms with Crippen LogP contribution in [-0.2, 0) is 6.54 Å². The molecule has 0 aromatic carbocycles. The van der Waals surface area contributed by atoms with E-state index in [4.69, 9.17) is 10.5 Å². The summed E-state index contributed by atoms with van der Waals surface area (Å²) in [6.07, 6.45) is 4.75. The lowest BCUT2D eigenvalue weighted by atomic mass is 10.3. The van der Waals surface area contributed by atoms with Crippen LogP contribution in [0.4, 0.5) is 4.39 Å². The van der Waals surface area contributed by atoms with Gasteiger partial charge in [-0.15, -0.1) is 0 Å². The molecule has 2 rings (SSSR count). The third kappa shape index (κ3) is 3.86. The molecule has 0 unspecified atom stereocenters. The Morgan fingerprint density at radius 2 is 2.15 bits per heavy atom. The third-order valence-corrected chi connectivity index (χ3v) is 2.56. The van der Waals surface area contributed by atoms with Crippen LogP contribution in [0.2, 0.25) is 0 Å². The zero-order valence-corrected chi connectivity index (χ0v) is 10.8. The van der Waals surface area contributed by atoms with Gasteiger partial charge >= 0.3 is 0 Å². The molecule has 0 fully saturated rings.